The fraction of sp³-hybridized carbons (Fsp3) is 0.269. The Morgan fingerprint density at radius 2 is 1.81 bits per heavy atom. The molecule has 2 aromatic carbocycles. The van der Waals surface area contributed by atoms with E-state index in [0.29, 0.717) is 31.0 Å². The van der Waals surface area contributed by atoms with E-state index in [-0.39, 0.29) is 11.8 Å². The van der Waals surface area contributed by atoms with Crippen LogP contribution in [-0.2, 0) is 11.3 Å². The maximum atomic E-state index is 12.9. The molecule has 31 heavy (non-hydrogen) atoms. The maximum Gasteiger partial charge on any atom is 0.251 e. The number of hydrogen-bond donors (Lipinski definition) is 1. The molecular formula is C26H29N3O2. The number of carbonyl (C=O) groups is 2. The molecule has 0 unspecified atom stereocenters. The van der Waals surface area contributed by atoms with Gasteiger partial charge in [-0.2, -0.15) is 0 Å². The third kappa shape index (κ3) is 5.79. The van der Waals surface area contributed by atoms with E-state index in [9.17, 15) is 9.59 Å². The summed E-state index contributed by atoms with van der Waals surface area (Å²) in [5, 5.41) is 2.94. The first-order valence-corrected chi connectivity index (χ1v) is 10.7. The van der Waals surface area contributed by atoms with Crippen LogP contribution in [0.5, 0.6) is 0 Å². The second-order valence-corrected chi connectivity index (χ2v) is 7.89. The molecular weight excluding hydrogens is 386 g/mol. The maximum absolute atomic E-state index is 12.9. The molecule has 0 saturated heterocycles. The lowest BCUT2D eigenvalue weighted by Crippen LogP contribution is -2.34. The molecule has 1 heterocycles. The van der Waals surface area contributed by atoms with Crippen molar-refractivity contribution in [3.05, 3.63) is 84.2 Å². The number of hydrogen-bond acceptors (Lipinski definition) is 3. The average Bonchev–Trinajstić information content (AvgIpc) is 2.81. The van der Waals surface area contributed by atoms with Crippen molar-refractivity contribution < 1.29 is 9.59 Å². The van der Waals surface area contributed by atoms with Gasteiger partial charge in [0.15, 0.2) is 0 Å². The molecule has 0 aliphatic heterocycles. The molecule has 0 saturated carbocycles. The minimum Gasteiger partial charge on any atom is -0.348 e. The van der Waals surface area contributed by atoms with Gasteiger partial charge in [-0.25, -0.2) is 0 Å². The van der Waals surface area contributed by atoms with Crippen molar-refractivity contribution in [2.45, 2.75) is 33.7 Å². The fourth-order valence-electron chi connectivity index (χ4n) is 3.44. The van der Waals surface area contributed by atoms with Crippen LogP contribution < -0.4 is 10.2 Å². The van der Waals surface area contributed by atoms with E-state index >= 15 is 0 Å². The summed E-state index contributed by atoms with van der Waals surface area (Å²) >= 11 is 0. The van der Waals surface area contributed by atoms with Crippen LogP contribution in [0.3, 0.4) is 0 Å². The van der Waals surface area contributed by atoms with Gasteiger partial charge >= 0.3 is 0 Å². The van der Waals surface area contributed by atoms with Crippen molar-refractivity contribution in [3.63, 3.8) is 0 Å². The van der Waals surface area contributed by atoms with Gasteiger partial charge in [0.05, 0.1) is 5.69 Å². The van der Waals surface area contributed by atoms with E-state index in [1.807, 2.05) is 72.5 Å². The predicted molar refractivity (Wildman–Crippen MR) is 125 cm³/mol. The van der Waals surface area contributed by atoms with E-state index in [1.54, 1.807) is 12.4 Å². The first kappa shape index (κ1) is 22.2. The summed E-state index contributed by atoms with van der Waals surface area (Å²) in [5.74, 6) is 0.152. The van der Waals surface area contributed by atoms with E-state index in [0.717, 1.165) is 22.4 Å². The number of aromatic nitrogens is 1. The lowest BCUT2D eigenvalue weighted by atomic mass is 9.99. The minimum absolute atomic E-state index is 0.0406. The molecule has 0 aliphatic carbocycles. The van der Waals surface area contributed by atoms with Crippen LogP contribution in [0.2, 0.25) is 0 Å². The van der Waals surface area contributed by atoms with Crippen LogP contribution in [0.25, 0.3) is 11.1 Å². The number of amides is 2. The van der Waals surface area contributed by atoms with Gasteiger partial charge in [-0.1, -0.05) is 63.2 Å². The van der Waals surface area contributed by atoms with Crippen molar-refractivity contribution in [2.75, 3.05) is 11.4 Å². The lowest BCUT2D eigenvalue weighted by molar-refractivity contribution is -0.118. The molecule has 160 valence electrons. The van der Waals surface area contributed by atoms with E-state index < -0.39 is 0 Å². The van der Waals surface area contributed by atoms with E-state index in [4.69, 9.17) is 0 Å². The Hall–Kier alpha value is -3.47. The van der Waals surface area contributed by atoms with E-state index in [1.165, 1.54) is 0 Å². The van der Waals surface area contributed by atoms with Gasteiger partial charge in [-0.3, -0.25) is 14.6 Å². The van der Waals surface area contributed by atoms with Crippen LogP contribution in [0.1, 0.15) is 43.1 Å². The van der Waals surface area contributed by atoms with Crippen LogP contribution in [0.15, 0.2) is 73.1 Å². The summed E-state index contributed by atoms with van der Waals surface area (Å²) in [5.41, 5.74) is 4.17. The first-order valence-electron chi connectivity index (χ1n) is 10.7. The number of nitrogens with zero attached hydrogens (tertiary/aromatic N) is 2. The van der Waals surface area contributed by atoms with Gasteiger partial charge < -0.3 is 10.2 Å². The Balaban J connectivity index is 1.98. The van der Waals surface area contributed by atoms with E-state index in [2.05, 4.69) is 24.1 Å². The molecule has 5 heteroatoms. The number of pyridine rings is 1. The zero-order chi connectivity index (χ0) is 22.2. The number of nitrogens with one attached hydrogen (secondary N) is 1. The van der Waals surface area contributed by atoms with Gasteiger partial charge in [0.2, 0.25) is 5.91 Å². The van der Waals surface area contributed by atoms with Gasteiger partial charge in [0, 0.05) is 43.0 Å². The molecule has 3 aromatic rings. The quantitative estimate of drug-likeness (QED) is 0.558. The third-order valence-corrected chi connectivity index (χ3v) is 4.96. The zero-order valence-electron chi connectivity index (χ0n) is 18.3. The number of benzene rings is 2. The molecule has 5 nitrogen and oxygen atoms in total. The van der Waals surface area contributed by atoms with Crippen molar-refractivity contribution in [3.8, 4) is 11.1 Å². The monoisotopic (exact) mass is 415 g/mol. The van der Waals surface area contributed by atoms with Crippen molar-refractivity contribution in [1.82, 2.24) is 10.3 Å². The van der Waals surface area contributed by atoms with Crippen LogP contribution in [0, 0.1) is 5.92 Å². The molecule has 1 aromatic heterocycles. The number of carbonyl (C=O) groups excluding carboxylic acids is 2. The van der Waals surface area contributed by atoms with Crippen LogP contribution in [-0.4, -0.2) is 23.3 Å². The highest BCUT2D eigenvalue weighted by atomic mass is 16.2. The topological polar surface area (TPSA) is 62.3 Å². The van der Waals surface area contributed by atoms with Crippen LogP contribution in [0.4, 0.5) is 5.69 Å². The predicted octanol–water partition coefficient (Wildman–Crippen LogP) is 5.08. The van der Waals surface area contributed by atoms with Crippen molar-refractivity contribution in [1.29, 1.82) is 0 Å². The highest BCUT2D eigenvalue weighted by Crippen LogP contribution is 2.33. The summed E-state index contributed by atoms with van der Waals surface area (Å²) < 4.78 is 0. The molecule has 3 rings (SSSR count). The summed E-state index contributed by atoms with van der Waals surface area (Å²) in [4.78, 5) is 31.6. The molecule has 0 fully saturated rings. The van der Waals surface area contributed by atoms with Crippen LogP contribution >= 0.6 is 0 Å². The highest BCUT2D eigenvalue weighted by molar-refractivity contribution is 6.01. The molecule has 2 amide bonds. The third-order valence-electron chi connectivity index (χ3n) is 4.96. The SMILES string of the molecule is CCC(=O)N(CC(C)C)c1cc(C(=O)NCc2cccnc2)ccc1-c1ccccc1. The second-order valence-electron chi connectivity index (χ2n) is 7.89. The van der Waals surface area contributed by atoms with Crippen molar-refractivity contribution in [2.24, 2.45) is 5.92 Å². The molecule has 0 atom stereocenters. The molecule has 0 radical (unpaired) electrons. The summed E-state index contributed by atoms with van der Waals surface area (Å²) in [6.45, 7) is 7.02. The average molecular weight is 416 g/mol. The standard InChI is InChI=1S/C26H29N3O2/c1-4-25(30)29(18-19(2)3)24-15-22(12-13-23(24)21-10-6-5-7-11-21)26(31)28-17-20-9-8-14-27-16-20/h5-16,19H,4,17-18H2,1-3H3,(H,28,31). The van der Waals surface area contributed by atoms with Gasteiger partial charge in [-0.15, -0.1) is 0 Å². The first-order chi connectivity index (χ1) is 15.0. The van der Waals surface area contributed by atoms with Gasteiger partial charge in [0.25, 0.3) is 5.91 Å². The Kier molecular flexibility index (Phi) is 7.55. The second kappa shape index (κ2) is 10.5. The Morgan fingerprint density at radius 3 is 2.45 bits per heavy atom. The zero-order valence-corrected chi connectivity index (χ0v) is 18.3. The van der Waals surface area contributed by atoms with Gasteiger partial charge in [0.1, 0.15) is 0 Å². The Labute approximate surface area is 184 Å². The Morgan fingerprint density at radius 1 is 1.03 bits per heavy atom. The smallest absolute Gasteiger partial charge is 0.251 e. The number of rotatable bonds is 8. The lowest BCUT2D eigenvalue weighted by Gasteiger charge is -2.27. The Bertz CT molecular complexity index is 1020. The molecule has 0 aliphatic rings. The molecule has 0 spiro atoms. The van der Waals surface area contributed by atoms with Crippen molar-refractivity contribution >= 4 is 17.5 Å². The molecule has 1 N–H and O–H groups in total. The summed E-state index contributed by atoms with van der Waals surface area (Å²) in [6.07, 6.45) is 3.83. The summed E-state index contributed by atoms with van der Waals surface area (Å²) in [6, 6.07) is 19.3. The highest BCUT2D eigenvalue weighted by Gasteiger charge is 2.21. The number of anilines is 1. The fourth-order valence-corrected chi connectivity index (χ4v) is 3.44. The largest absolute Gasteiger partial charge is 0.348 e. The normalized spacial score (nSPS) is 10.7. The molecule has 0 bridgehead atoms. The minimum atomic E-state index is -0.182. The van der Waals surface area contributed by atoms with Gasteiger partial charge in [-0.05, 0) is 35.2 Å². The summed E-state index contributed by atoms with van der Waals surface area (Å²) in [7, 11) is 0.